The molecule has 27 heavy (non-hydrogen) atoms. The Hall–Kier alpha value is -3.58. The first-order chi connectivity index (χ1) is 13.3. The van der Waals surface area contributed by atoms with Crippen LogP contribution < -0.4 is 5.73 Å². The van der Waals surface area contributed by atoms with Crippen molar-refractivity contribution in [1.82, 2.24) is 0 Å². The molecule has 0 fully saturated rings. The molecule has 0 aliphatic rings. The predicted octanol–water partition coefficient (Wildman–Crippen LogP) is 6.91. The van der Waals surface area contributed by atoms with Crippen molar-refractivity contribution in [3.63, 3.8) is 0 Å². The van der Waals surface area contributed by atoms with Crippen LogP contribution >= 0.6 is 0 Å². The van der Waals surface area contributed by atoms with Gasteiger partial charge in [-0.2, -0.15) is 0 Å². The second-order valence-corrected chi connectivity index (χ2v) is 6.83. The molecule has 0 aliphatic carbocycles. The predicted molar refractivity (Wildman–Crippen MR) is 117 cm³/mol. The van der Waals surface area contributed by atoms with Crippen molar-refractivity contribution in [3.05, 3.63) is 103 Å². The number of benzene rings is 5. The number of nitrogen functional groups attached to an aromatic ring is 1. The van der Waals surface area contributed by atoms with Gasteiger partial charge in [-0.3, -0.25) is 0 Å². The fraction of sp³-hybridized carbons (Fsp3) is 0. The van der Waals surface area contributed by atoms with E-state index in [0.29, 0.717) is 0 Å². The van der Waals surface area contributed by atoms with Gasteiger partial charge in [0.2, 0.25) is 0 Å². The normalized spacial score (nSPS) is 11.1. The second kappa shape index (κ2) is 6.30. The molecule has 0 saturated heterocycles. The van der Waals surface area contributed by atoms with Crippen LogP contribution in [0.3, 0.4) is 0 Å². The SMILES string of the molecule is Nc1c(-c2ccccc2)c(-c2ccccc2)cc2c1ccc1ccccc12. The van der Waals surface area contributed by atoms with E-state index in [1.165, 1.54) is 27.3 Å². The highest BCUT2D eigenvalue weighted by Crippen LogP contribution is 2.43. The smallest absolute Gasteiger partial charge is 0.0479 e. The van der Waals surface area contributed by atoms with Gasteiger partial charge in [0.15, 0.2) is 0 Å². The molecule has 0 bridgehead atoms. The minimum Gasteiger partial charge on any atom is -0.398 e. The molecule has 128 valence electrons. The molecule has 0 heterocycles. The van der Waals surface area contributed by atoms with Crippen LogP contribution in [-0.2, 0) is 0 Å². The van der Waals surface area contributed by atoms with Gasteiger partial charge in [-0.15, -0.1) is 0 Å². The third kappa shape index (κ3) is 2.56. The Morgan fingerprint density at radius 3 is 1.85 bits per heavy atom. The molecule has 2 N–H and O–H groups in total. The van der Waals surface area contributed by atoms with Gasteiger partial charge in [0.05, 0.1) is 0 Å². The van der Waals surface area contributed by atoms with Gasteiger partial charge in [0, 0.05) is 16.6 Å². The maximum Gasteiger partial charge on any atom is 0.0479 e. The Kier molecular flexibility index (Phi) is 3.65. The Bertz CT molecular complexity index is 1260. The van der Waals surface area contributed by atoms with E-state index < -0.39 is 0 Å². The molecule has 5 rings (SSSR count). The first-order valence-corrected chi connectivity index (χ1v) is 9.18. The topological polar surface area (TPSA) is 26.0 Å². The van der Waals surface area contributed by atoms with Crippen LogP contribution in [0.4, 0.5) is 5.69 Å². The van der Waals surface area contributed by atoms with E-state index in [4.69, 9.17) is 5.73 Å². The molecule has 5 aromatic rings. The monoisotopic (exact) mass is 345 g/mol. The largest absolute Gasteiger partial charge is 0.398 e. The summed E-state index contributed by atoms with van der Waals surface area (Å²) in [6.07, 6.45) is 0. The van der Waals surface area contributed by atoms with Crippen molar-refractivity contribution < 1.29 is 0 Å². The number of anilines is 1. The van der Waals surface area contributed by atoms with E-state index in [-0.39, 0.29) is 0 Å². The molecular formula is C26H19N. The maximum atomic E-state index is 6.78. The average molecular weight is 345 g/mol. The fourth-order valence-electron chi connectivity index (χ4n) is 3.94. The lowest BCUT2D eigenvalue weighted by molar-refractivity contribution is 1.60. The minimum absolute atomic E-state index is 0.836. The Morgan fingerprint density at radius 1 is 0.481 bits per heavy atom. The molecule has 0 aliphatic heterocycles. The molecule has 0 atom stereocenters. The van der Waals surface area contributed by atoms with E-state index in [9.17, 15) is 0 Å². The molecular weight excluding hydrogens is 326 g/mol. The summed E-state index contributed by atoms with van der Waals surface area (Å²) in [5, 5.41) is 4.77. The van der Waals surface area contributed by atoms with Crippen LogP contribution in [0.5, 0.6) is 0 Å². The minimum atomic E-state index is 0.836. The van der Waals surface area contributed by atoms with Gasteiger partial charge < -0.3 is 5.73 Å². The number of fused-ring (bicyclic) bond motifs is 3. The molecule has 1 heteroatoms. The summed E-state index contributed by atoms with van der Waals surface area (Å²) < 4.78 is 0. The van der Waals surface area contributed by atoms with Gasteiger partial charge in [0.1, 0.15) is 0 Å². The van der Waals surface area contributed by atoms with Crippen molar-refractivity contribution in [2.24, 2.45) is 0 Å². The average Bonchev–Trinajstić information content (AvgIpc) is 2.74. The summed E-state index contributed by atoms with van der Waals surface area (Å²) in [7, 11) is 0. The molecule has 1 nitrogen and oxygen atoms in total. The van der Waals surface area contributed by atoms with Crippen LogP contribution in [0, 0.1) is 0 Å². The van der Waals surface area contributed by atoms with E-state index in [1.54, 1.807) is 0 Å². The molecule has 0 unspecified atom stereocenters. The molecule has 0 spiro atoms. The summed E-state index contributed by atoms with van der Waals surface area (Å²) in [6.45, 7) is 0. The summed E-state index contributed by atoms with van der Waals surface area (Å²) >= 11 is 0. The Morgan fingerprint density at radius 2 is 1.11 bits per heavy atom. The van der Waals surface area contributed by atoms with Crippen LogP contribution in [0.15, 0.2) is 103 Å². The number of hydrogen-bond acceptors (Lipinski definition) is 1. The highest BCUT2D eigenvalue weighted by molar-refractivity contribution is 6.16. The molecule has 0 amide bonds. The third-order valence-electron chi connectivity index (χ3n) is 5.24. The summed E-state index contributed by atoms with van der Waals surface area (Å²) in [5.74, 6) is 0. The summed E-state index contributed by atoms with van der Waals surface area (Å²) in [5.41, 5.74) is 12.2. The first kappa shape index (κ1) is 15.7. The molecule has 0 radical (unpaired) electrons. The standard InChI is InChI=1S/C26H19N/c27-26-22-16-15-19-11-7-8-14-21(19)24(22)17-23(18-9-3-1-4-10-18)25(26)20-12-5-2-6-13-20/h1-17H,27H2. The van der Waals surface area contributed by atoms with Crippen LogP contribution in [0.25, 0.3) is 43.8 Å². The fourth-order valence-corrected chi connectivity index (χ4v) is 3.94. The van der Waals surface area contributed by atoms with E-state index in [1.807, 2.05) is 12.1 Å². The van der Waals surface area contributed by atoms with E-state index in [0.717, 1.165) is 22.2 Å². The zero-order chi connectivity index (χ0) is 18.2. The van der Waals surface area contributed by atoms with Crippen molar-refractivity contribution in [3.8, 4) is 22.3 Å². The van der Waals surface area contributed by atoms with Gasteiger partial charge in [-0.1, -0.05) is 97.1 Å². The van der Waals surface area contributed by atoms with E-state index in [2.05, 4.69) is 91.0 Å². The van der Waals surface area contributed by atoms with Crippen molar-refractivity contribution >= 4 is 27.2 Å². The zero-order valence-electron chi connectivity index (χ0n) is 14.9. The van der Waals surface area contributed by atoms with Crippen molar-refractivity contribution in [1.29, 1.82) is 0 Å². The Balaban J connectivity index is 1.95. The number of hydrogen-bond donors (Lipinski definition) is 1. The number of nitrogens with two attached hydrogens (primary N) is 1. The summed E-state index contributed by atoms with van der Waals surface area (Å²) in [4.78, 5) is 0. The molecule has 0 aromatic heterocycles. The molecule has 0 saturated carbocycles. The summed E-state index contributed by atoms with van der Waals surface area (Å²) in [6, 6.07) is 36.0. The van der Waals surface area contributed by atoms with Gasteiger partial charge in [-0.25, -0.2) is 0 Å². The lowest BCUT2D eigenvalue weighted by atomic mass is 9.88. The lowest BCUT2D eigenvalue weighted by Gasteiger charge is -2.17. The zero-order valence-corrected chi connectivity index (χ0v) is 14.9. The van der Waals surface area contributed by atoms with Gasteiger partial charge in [0.25, 0.3) is 0 Å². The van der Waals surface area contributed by atoms with Crippen molar-refractivity contribution in [2.75, 3.05) is 5.73 Å². The van der Waals surface area contributed by atoms with Gasteiger partial charge >= 0.3 is 0 Å². The van der Waals surface area contributed by atoms with Crippen LogP contribution in [-0.4, -0.2) is 0 Å². The highest BCUT2D eigenvalue weighted by atomic mass is 14.6. The third-order valence-corrected chi connectivity index (χ3v) is 5.24. The molecule has 5 aromatic carbocycles. The van der Waals surface area contributed by atoms with Crippen LogP contribution in [0.1, 0.15) is 0 Å². The van der Waals surface area contributed by atoms with E-state index >= 15 is 0 Å². The number of rotatable bonds is 2. The second-order valence-electron chi connectivity index (χ2n) is 6.83. The quantitative estimate of drug-likeness (QED) is 0.273. The maximum absolute atomic E-state index is 6.78. The van der Waals surface area contributed by atoms with Gasteiger partial charge in [-0.05, 0) is 38.9 Å². The van der Waals surface area contributed by atoms with Crippen LogP contribution in [0.2, 0.25) is 0 Å². The van der Waals surface area contributed by atoms with Crippen molar-refractivity contribution in [2.45, 2.75) is 0 Å². The highest BCUT2D eigenvalue weighted by Gasteiger charge is 2.15. The first-order valence-electron chi connectivity index (χ1n) is 9.18. The lowest BCUT2D eigenvalue weighted by Crippen LogP contribution is -1.96. The Labute approximate surface area is 158 Å².